The van der Waals surface area contributed by atoms with Crippen LogP contribution in [-0.4, -0.2) is 9.97 Å². The van der Waals surface area contributed by atoms with Gasteiger partial charge in [-0.3, -0.25) is 0 Å². The molecule has 1 N–H and O–H groups in total. The third-order valence-electron chi connectivity index (χ3n) is 1.92. The number of hydrogen-bond donors (Lipinski definition) is 1. The molecule has 2 nitrogen and oxygen atoms in total. The predicted molar refractivity (Wildman–Crippen MR) is 57.5 cm³/mol. The van der Waals surface area contributed by atoms with Crippen molar-refractivity contribution >= 4 is 12.2 Å². The Morgan fingerprint density at radius 2 is 2.23 bits per heavy atom. The highest BCUT2D eigenvalue weighted by Gasteiger charge is 2.01. The number of nitrogens with zero attached hydrogens (tertiary/aromatic N) is 1. The molecule has 0 aromatic carbocycles. The van der Waals surface area contributed by atoms with Crippen molar-refractivity contribution in [3.05, 3.63) is 22.2 Å². The van der Waals surface area contributed by atoms with Gasteiger partial charge in [-0.25, -0.2) is 4.98 Å². The van der Waals surface area contributed by atoms with E-state index in [2.05, 4.69) is 30.7 Å². The standard InChI is InChI=1S/C10H16N2S/c1-4-5-9-11-8(7(2)3)6-10(13)12-9/h6-7H,4-5H2,1-3H3,(H,11,12,13). The summed E-state index contributed by atoms with van der Waals surface area (Å²) in [7, 11) is 0. The quantitative estimate of drug-likeness (QED) is 0.752. The van der Waals surface area contributed by atoms with Gasteiger partial charge in [0.25, 0.3) is 0 Å². The van der Waals surface area contributed by atoms with Crippen molar-refractivity contribution in [1.29, 1.82) is 0 Å². The van der Waals surface area contributed by atoms with Crippen molar-refractivity contribution in [2.75, 3.05) is 0 Å². The summed E-state index contributed by atoms with van der Waals surface area (Å²) < 4.78 is 0.700. The molecule has 1 aromatic rings. The zero-order valence-corrected chi connectivity index (χ0v) is 9.24. The minimum absolute atomic E-state index is 0.486. The van der Waals surface area contributed by atoms with Crippen LogP contribution in [0.15, 0.2) is 6.07 Å². The van der Waals surface area contributed by atoms with Gasteiger partial charge in [-0.2, -0.15) is 0 Å². The van der Waals surface area contributed by atoms with Crippen molar-refractivity contribution in [2.45, 2.75) is 39.5 Å². The molecule has 0 aliphatic carbocycles. The predicted octanol–water partition coefficient (Wildman–Crippen LogP) is 3.22. The van der Waals surface area contributed by atoms with Gasteiger partial charge in [0, 0.05) is 12.1 Å². The van der Waals surface area contributed by atoms with E-state index in [9.17, 15) is 0 Å². The zero-order valence-electron chi connectivity index (χ0n) is 8.42. The van der Waals surface area contributed by atoms with Crippen molar-refractivity contribution in [1.82, 2.24) is 9.97 Å². The summed E-state index contributed by atoms with van der Waals surface area (Å²) in [5.41, 5.74) is 1.18. The molecule has 1 heterocycles. The first kappa shape index (κ1) is 10.4. The fourth-order valence-electron chi connectivity index (χ4n) is 1.20. The lowest BCUT2D eigenvalue weighted by molar-refractivity contribution is 0.760. The van der Waals surface area contributed by atoms with Crippen molar-refractivity contribution < 1.29 is 0 Å². The van der Waals surface area contributed by atoms with Gasteiger partial charge in [-0.05, 0) is 18.4 Å². The largest absolute Gasteiger partial charge is 0.347 e. The Labute approximate surface area is 84.4 Å². The fourth-order valence-corrected chi connectivity index (χ4v) is 1.43. The first-order valence-electron chi connectivity index (χ1n) is 4.73. The van der Waals surface area contributed by atoms with Gasteiger partial charge in [0.15, 0.2) is 0 Å². The smallest absolute Gasteiger partial charge is 0.129 e. The first-order valence-corrected chi connectivity index (χ1v) is 5.14. The molecule has 13 heavy (non-hydrogen) atoms. The summed E-state index contributed by atoms with van der Waals surface area (Å²) >= 11 is 5.09. The van der Waals surface area contributed by atoms with Gasteiger partial charge >= 0.3 is 0 Å². The van der Waals surface area contributed by atoms with E-state index in [-0.39, 0.29) is 0 Å². The molecule has 72 valence electrons. The number of rotatable bonds is 3. The Morgan fingerprint density at radius 1 is 1.54 bits per heavy atom. The van der Waals surface area contributed by atoms with E-state index in [1.54, 1.807) is 0 Å². The molecule has 0 aliphatic heterocycles. The number of hydrogen-bond acceptors (Lipinski definition) is 2. The number of aryl methyl sites for hydroxylation is 1. The normalized spacial score (nSPS) is 10.8. The molecular weight excluding hydrogens is 180 g/mol. The fraction of sp³-hybridized carbons (Fsp3) is 0.600. The van der Waals surface area contributed by atoms with Crippen LogP contribution in [0.2, 0.25) is 0 Å². The molecule has 0 bridgehead atoms. The Kier molecular flexibility index (Phi) is 3.60. The molecule has 1 aromatic heterocycles. The van der Waals surface area contributed by atoms with Gasteiger partial charge in [0.1, 0.15) is 10.5 Å². The summed E-state index contributed by atoms with van der Waals surface area (Å²) in [6, 6.07) is 1.94. The molecule has 3 heteroatoms. The Hall–Kier alpha value is -0.700. The summed E-state index contributed by atoms with van der Waals surface area (Å²) in [6.45, 7) is 6.44. The van der Waals surface area contributed by atoms with Crippen molar-refractivity contribution in [3.63, 3.8) is 0 Å². The molecule has 1 rings (SSSR count). The van der Waals surface area contributed by atoms with Gasteiger partial charge in [-0.15, -0.1) is 0 Å². The highest BCUT2D eigenvalue weighted by Crippen LogP contribution is 2.11. The van der Waals surface area contributed by atoms with Crippen LogP contribution in [-0.2, 0) is 6.42 Å². The maximum absolute atomic E-state index is 5.09. The molecular formula is C10H16N2S. The SMILES string of the molecule is CCCc1nc(=S)cc(C(C)C)[nH]1. The number of nitrogens with one attached hydrogen (secondary N) is 1. The number of aromatic nitrogens is 2. The highest BCUT2D eigenvalue weighted by atomic mass is 32.1. The molecule has 0 saturated heterocycles. The summed E-state index contributed by atoms with van der Waals surface area (Å²) in [5, 5.41) is 0. The van der Waals surface area contributed by atoms with Gasteiger partial charge in [-0.1, -0.05) is 33.0 Å². The molecule has 0 amide bonds. The Balaban J connectivity index is 3.04. The van der Waals surface area contributed by atoms with Crippen LogP contribution in [0, 0.1) is 4.64 Å². The van der Waals surface area contributed by atoms with Crippen LogP contribution in [0.3, 0.4) is 0 Å². The topological polar surface area (TPSA) is 28.7 Å². The number of H-pyrrole nitrogens is 1. The Bertz CT molecular complexity index is 328. The minimum atomic E-state index is 0.486. The molecule has 0 atom stereocenters. The van der Waals surface area contributed by atoms with Crippen LogP contribution >= 0.6 is 12.2 Å². The molecule has 0 unspecified atom stereocenters. The maximum atomic E-state index is 5.09. The molecule has 0 fully saturated rings. The van der Waals surface area contributed by atoms with E-state index in [0.717, 1.165) is 18.7 Å². The Morgan fingerprint density at radius 3 is 2.77 bits per heavy atom. The van der Waals surface area contributed by atoms with Crippen LogP contribution in [0.5, 0.6) is 0 Å². The maximum Gasteiger partial charge on any atom is 0.129 e. The van der Waals surface area contributed by atoms with E-state index in [1.807, 2.05) is 6.07 Å². The molecule has 0 aliphatic rings. The van der Waals surface area contributed by atoms with Crippen molar-refractivity contribution in [3.8, 4) is 0 Å². The molecule has 0 saturated carbocycles. The van der Waals surface area contributed by atoms with Gasteiger partial charge in [0.2, 0.25) is 0 Å². The summed E-state index contributed by atoms with van der Waals surface area (Å²) in [4.78, 5) is 7.57. The minimum Gasteiger partial charge on any atom is -0.347 e. The van der Waals surface area contributed by atoms with Crippen molar-refractivity contribution in [2.24, 2.45) is 0 Å². The second-order valence-electron chi connectivity index (χ2n) is 3.53. The molecule has 0 radical (unpaired) electrons. The lowest BCUT2D eigenvalue weighted by atomic mass is 10.1. The lowest BCUT2D eigenvalue weighted by Gasteiger charge is -2.07. The average Bonchev–Trinajstić information content (AvgIpc) is 2.03. The third-order valence-corrected chi connectivity index (χ3v) is 2.13. The van der Waals surface area contributed by atoms with Gasteiger partial charge in [0.05, 0.1) is 0 Å². The van der Waals surface area contributed by atoms with Crippen LogP contribution in [0.1, 0.15) is 44.6 Å². The van der Waals surface area contributed by atoms with E-state index < -0.39 is 0 Å². The van der Waals surface area contributed by atoms with Gasteiger partial charge < -0.3 is 4.98 Å². The zero-order chi connectivity index (χ0) is 9.84. The van der Waals surface area contributed by atoms with Crippen LogP contribution in [0.25, 0.3) is 0 Å². The average molecular weight is 196 g/mol. The highest BCUT2D eigenvalue weighted by molar-refractivity contribution is 7.71. The van der Waals surface area contributed by atoms with Crippen LogP contribution < -0.4 is 0 Å². The van der Waals surface area contributed by atoms with Crippen LogP contribution in [0.4, 0.5) is 0 Å². The summed E-state index contributed by atoms with van der Waals surface area (Å²) in [5.74, 6) is 1.50. The van der Waals surface area contributed by atoms with E-state index in [4.69, 9.17) is 12.2 Å². The van der Waals surface area contributed by atoms with E-state index in [0.29, 0.717) is 10.6 Å². The third kappa shape index (κ3) is 2.92. The second kappa shape index (κ2) is 4.51. The van der Waals surface area contributed by atoms with E-state index in [1.165, 1.54) is 5.69 Å². The lowest BCUT2D eigenvalue weighted by Crippen LogP contribution is -2.00. The number of aromatic amines is 1. The first-order chi connectivity index (χ1) is 6.13. The van der Waals surface area contributed by atoms with E-state index >= 15 is 0 Å². The second-order valence-corrected chi connectivity index (χ2v) is 3.94. The summed E-state index contributed by atoms with van der Waals surface area (Å²) in [6.07, 6.45) is 2.07. The monoisotopic (exact) mass is 196 g/mol. The molecule has 0 spiro atoms.